The van der Waals surface area contributed by atoms with E-state index in [1.54, 1.807) is 0 Å². The predicted octanol–water partition coefficient (Wildman–Crippen LogP) is 2.84. The third kappa shape index (κ3) is 2.84. The Hall–Kier alpha value is -1.06. The Kier molecular flexibility index (Phi) is 3.99. The van der Waals surface area contributed by atoms with Crippen LogP contribution in [0.4, 0.5) is 0 Å². The van der Waals surface area contributed by atoms with Crippen LogP contribution in [0.3, 0.4) is 0 Å². The summed E-state index contributed by atoms with van der Waals surface area (Å²) in [5, 5.41) is 7.34. The second kappa shape index (κ2) is 5.74. The molecular formula is C16H21ClN2O. The van der Waals surface area contributed by atoms with Gasteiger partial charge in [0, 0.05) is 11.4 Å². The first-order valence-corrected chi connectivity index (χ1v) is 7.83. The van der Waals surface area contributed by atoms with Gasteiger partial charge in [0.1, 0.15) is 0 Å². The van der Waals surface area contributed by atoms with Gasteiger partial charge in [0.2, 0.25) is 5.91 Å². The predicted molar refractivity (Wildman–Crippen MR) is 80.7 cm³/mol. The summed E-state index contributed by atoms with van der Waals surface area (Å²) in [5.74, 6) is 0.686. The first-order chi connectivity index (χ1) is 9.68. The minimum atomic E-state index is -0.145. The molecule has 1 aliphatic heterocycles. The van der Waals surface area contributed by atoms with Crippen LogP contribution in [0, 0.1) is 5.92 Å². The Morgan fingerprint density at radius 1 is 1.35 bits per heavy atom. The van der Waals surface area contributed by atoms with Gasteiger partial charge < -0.3 is 10.6 Å². The van der Waals surface area contributed by atoms with Gasteiger partial charge in [0.15, 0.2) is 0 Å². The molecule has 1 aromatic carbocycles. The van der Waals surface area contributed by atoms with E-state index in [4.69, 9.17) is 11.6 Å². The highest BCUT2D eigenvalue weighted by Gasteiger charge is 2.40. The fourth-order valence-electron chi connectivity index (χ4n) is 3.25. The molecule has 0 spiro atoms. The number of carbonyl (C=O) groups excluding carboxylic acids is 1. The Bertz CT molecular complexity index is 476. The van der Waals surface area contributed by atoms with Crippen LogP contribution in [0.5, 0.6) is 0 Å². The summed E-state index contributed by atoms with van der Waals surface area (Å²) in [6.07, 6.45) is 4.99. The Balaban J connectivity index is 1.66. The molecule has 108 valence electrons. The summed E-state index contributed by atoms with van der Waals surface area (Å²) < 4.78 is 0. The average molecular weight is 293 g/mol. The van der Waals surface area contributed by atoms with Crippen LogP contribution in [0.1, 0.15) is 37.7 Å². The molecule has 1 saturated heterocycles. The number of rotatable bonds is 4. The number of hydrogen-bond donors (Lipinski definition) is 2. The van der Waals surface area contributed by atoms with Crippen LogP contribution in [0.25, 0.3) is 0 Å². The van der Waals surface area contributed by atoms with E-state index in [9.17, 15) is 4.79 Å². The third-order valence-electron chi connectivity index (χ3n) is 4.62. The number of amides is 1. The Morgan fingerprint density at radius 2 is 2.10 bits per heavy atom. The van der Waals surface area contributed by atoms with Gasteiger partial charge in [0.25, 0.3) is 0 Å². The molecule has 2 aliphatic rings. The van der Waals surface area contributed by atoms with Crippen molar-refractivity contribution in [3.05, 3.63) is 34.9 Å². The molecule has 1 amide bonds. The molecule has 1 aromatic rings. The van der Waals surface area contributed by atoms with E-state index in [2.05, 4.69) is 10.6 Å². The fraction of sp³-hybridized carbons (Fsp3) is 0.562. The van der Waals surface area contributed by atoms with Crippen LogP contribution >= 0.6 is 11.6 Å². The molecule has 2 fully saturated rings. The molecule has 3 nitrogen and oxygen atoms in total. The molecule has 1 atom stereocenters. The van der Waals surface area contributed by atoms with Crippen LogP contribution < -0.4 is 10.6 Å². The first kappa shape index (κ1) is 13.9. The lowest BCUT2D eigenvalue weighted by Gasteiger charge is -2.43. The molecule has 20 heavy (non-hydrogen) atoms. The maximum atomic E-state index is 12.3. The summed E-state index contributed by atoms with van der Waals surface area (Å²) in [7, 11) is 0. The van der Waals surface area contributed by atoms with E-state index < -0.39 is 0 Å². The van der Waals surface area contributed by atoms with Gasteiger partial charge >= 0.3 is 0 Å². The number of hydrogen-bond acceptors (Lipinski definition) is 2. The number of halogens is 1. The second-order valence-corrected chi connectivity index (χ2v) is 6.49. The van der Waals surface area contributed by atoms with E-state index in [0.29, 0.717) is 12.3 Å². The standard InChI is InChI=1S/C16H21ClN2O/c17-14-4-2-13(3-5-14)16(7-1-8-16)19-15(20)10-12-6-9-18-11-12/h2-5,12,18H,1,6-11H2,(H,19,20). The normalized spacial score (nSPS) is 24.1. The molecule has 1 aliphatic carbocycles. The highest BCUT2D eigenvalue weighted by atomic mass is 35.5. The van der Waals surface area contributed by atoms with Gasteiger partial charge in [-0.1, -0.05) is 23.7 Å². The van der Waals surface area contributed by atoms with E-state index in [1.165, 1.54) is 12.0 Å². The van der Waals surface area contributed by atoms with E-state index >= 15 is 0 Å². The van der Waals surface area contributed by atoms with Gasteiger partial charge in [-0.05, 0) is 62.4 Å². The van der Waals surface area contributed by atoms with Crippen LogP contribution in [0.15, 0.2) is 24.3 Å². The van der Waals surface area contributed by atoms with Crippen molar-refractivity contribution in [1.82, 2.24) is 10.6 Å². The van der Waals surface area contributed by atoms with Gasteiger partial charge in [-0.25, -0.2) is 0 Å². The summed E-state index contributed by atoms with van der Waals surface area (Å²) in [6, 6.07) is 7.89. The fourth-order valence-corrected chi connectivity index (χ4v) is 3.38. The average Bonchev–Trinajstić information content (AvgIpc) is 2.88. The molecule has 1 saturated carbocycles. The number of carbonyl (C=O) groups is 1. The lowest BCUT2D eigenvalue weighted by atomic mass is 9.71. The van der Waals surface area contributed by atoms with Crippen LogP contribution in [-0.4, -0.2) is 19.0 Å². The summed E-state index contributed by atoms with van der Waals surface area (Å²) >= 11 is 5.95. The molecule has 4 heteroatoms. The first-order valence-electron chi connectivity index (χ1n) is 7.46. The van der Waals surface area contributed by atoms with Crippen molar-refractivity contribution >= 4 is 17.5 Å². The quantitative estimate of drug-likeness (QED) is 0.896. The van der Waals surface area contributed by atoms with Crippen molar-refractivity contribution in [3.63, 3.8) is 0 Å². The van der Waals surface area contributed by atoms with Gasteiger partial charge in [-0.3, -0.25) is 4.79 Å². The smallest absolute Gasteiger partial charge is 0.221 e. The summed E-state index contributed by atoms with van der Waals surface area (Å²) in [6.45, 7) is 2.02. The van der Waals surface area contributed by atoms with Crippen molar-refractivity contribution in [2.45, 2.75) is 37.6 Å². The summed E-state index contributed by atoms with van der Waals surface area (Å²) in [4.78, 5) is 12.3. The largest absolute Gasteiger partial charge is 0.347 e. The van der Waals surface area contributed by atoms with Crippen molar-refractivity contribution < 1.29 is 4.79 Å². The Labute approximate surface area is 125 Å². The molecule has 1 unspecified atom stereocenters. The molecule has 0 aromatic heterocycles. The van der Waals surface area contributed by atoms with Crippen LogP contribution in [0.2, 0.25) is 5.02 Å². The monoisotopic (exact) mass is 292 g/mol. The zero-order valence-electron chi connectivity index (χ0n) is 11.6. The number of benzene rings is 1. The molecule has 3 rings (SSSR count). The lowest BCUT2D eigenvalue weighted by molar-refractivity contribution is -0.125. The molecular weight excluding hydrogens is 272 g/mol. The minimum absolute atomic E-state index is 0.145. The second-order valence-electron chi connectivity index (χ2n) is 6.05. The van der Waals surface area contributed by atoms with Gasteiger partial charge in [0.05, 0.1) is 5.54 Å². The number of nitrogens with one attached hydrogen (secondary N) is 2. The van der Waals surface area contributed by atoms with Crippen molar-refractivity contribution in [2.24, 2.45) is 5.92 Å². The zero-order valence-corrected chi connectivity index (χ0v) is 12.4. The minimum Gasteiger partial charge on any atom is -0.347 e. The van der Waals surface area contributed by atoms with Crippen LogP contribution in [-0.2, 0) is 10.3 Å². The van der Waals surface area contributed by atoms with Crippen molar-refractivity contribution in [1.29, 1.82) is 0 Å². The maximum Gasteiger partial charge on any atom is 0.221 e. The molecule has 2 N–H and O–H groups in total. The zero-order chi connectivity index (χ0) is 14.0. The SMILES string of the molecule is O=C(CC1CCNC1)NC1(c2ccc(Cl)cc2)CCC1. The molecule has 1 heterocycles. The van der Waals surface area contributed by atoms with Crippen molar-refractivity contribution in [2.75, 3.05) is 13.1 Å². The lowest BCUT2D eigenvalue weighted by Crippen LogP contribution is -2.51. The van der Waals surface area contributed by atoms with E-state index in [-0.39, 0.29) is 11.4 Å². The Morgan fingerprint density at radius 3 is 2.65 bits per heavy atom. The third-order valence-corrected chi connectivity index (χ3v) is 4.87. The highest BCUT2D eigenvalue weighted by Crippen LogP contribution is 2.41. The van der Waals surface area contributed by atoms with Gasteiger partial charge in [-0.2, -0.15) is 0 Å². The highest BCUT2D eigenvalue weighted by molar-refractivity contribution is 6.30. The van der Waals surface area contributed by atoms with E-state index in [1.807, 2.05) is 24.3 Å². The molecule has 0 radical (unpaired) electrons. The maximum absolute atomic E-state index is 12.3. The topological polar surface area (TPSA) is 41.1 Å². The molecule has 0 bridgehead atoms. The van der Waals surface area contributed by atoms with E-state index in [0.717, 1.165) is 37.4 Å². The van der Waals surface area contributed by atoms with Gasteiger partial charge in [-0.15, -0.1) is 0 Å². The van der Waals surface area contributed by atoms with Crippen molar-refractivity contribution in [3.8, 4) is 0 Å². The summed E-state index contributed by atoms with van der Waals surface area (Å²) in [5.41, 5.74) is 1.04.